The molecule has 17 heavy (non-hydrogen) atoms. The Morgan fingerprint density at radius 2 is 2.18 bits per heavy atom. The minimum absolute atomic E-state index is 0.200. The largest absolute Gasteiger partial charge is 0.468 e. The van der Waals surface area contributed by atoms with Crippen LogP contribution in [0.4, 0.5) is 0 Å². The number of carbonyl (C=O) groups is 1. The third-order valence-corrected chi connectivity index (χ3v) is 3.06. The fourth-order valence-corrected chi connectivity index (χ4v) is 1.97. The summed E-state index contributed by atoms with van der Waals surface area (Å²) in [6.07, 6.45) is 0. The van der Waals surface area contributed by atoms with Crippen molar-refractivity contribution in [1.29, 1.82) is 0 Å². The number of halogens is 1. The number of benzene rings is 1. The zero-order valence-electron chi connectivity index (χ0n) is 10.4. The molecule has 94 valence electrons. The number of esters is 1. The van der Waals surface area contributed by atoms with Crippen molar-refractivity contribution in [2.24, 2.45) is 0 Å². The fourth-order valence-electron chi connectivity index (χ4n) is 1.52. The van der Waals surface area contributed by atoms with Crippen LogP contribution in [-0.2, 0) is 16.1 Å². The van der Waals surface area contributed by atoms with E-state index in [1.807, 2.05) is 12.1 Å². The van der Waals surface area contributed by atoms with Gasteiger partial charge in [0.2, 0.25) is 0 Å². The van der Waals surface area contributed by atoms with Crippen molar-refractivity contribution in [3.63, 3.8) is 0 Å². The Bertz CT molecular complexity index is 379. The minimum Gasteiger partial charge on any atom is -0.468 e. The van der Waals surface area contributed by atoms with Crippen LogP contribution in [0.3, 0.4) is 0 Å². The van der Waals surface area contributed by atoms with Crippen LogP contribution in [0.5, 0.6) is 0 Å². The molecule has 0 spiro atoms. The Labute approximate surface area is 111 Å². The molecule has 1 aromatic rings. The second kappa shape index (κ2) is 6.77. The molecule has 0 aromatic heterocycles. The summed E-state index contributed by atoms with van der Waals surface area (Å²) in [4.78, 5) is 13.4. The Morgan fingerprint density at radius 3 is 2.71 bits per heavy atom. The van der Waals surface area contributed by atoms with Gasteiger partial charge in [0.25, 0.3) is 0 Å². The van der Waals surface area contributed by atoms with Crippen LogP contribution in [0.15, 0.2) is 28.7 Å². The number of carbonyl (C=O) groups excluding carboxylic acids is 1. The van der Waals surface area contributed by atoms with E-state index in [1.54, 1.807) is 0 Å². The van der Waals surface area contributed by atoms with Crippen LogP contribution in [0, 0.1) is 0 Å². The summed E-state index contributed by atoms with van der Waals surface area (Å²) in [6, 6.07) is 8.40. The molecule has 0 fully saturated rings. The van der Waals surface area contributed by atoms with Gasteiger partial charge >= 0.3 is 5.97 Å². The van der Waals surface area contributed by atoms with Gasteiger partial charge < -0.3 is 4.74 Å². The SMILES string of the molecule is COC(=O)CN(Cc1cccc(Br)c1)C(C)C. The monoisotopic (exact) mass is 299 g/mol. The lowest BCUT2D eigenvalue weighted by Gasteiger charge is -2.25. The van der Waals surface area contributed by atoms with Crippen LogP contribution in [0.25, 0.3) is 0 Å². The van der Waals surface area contributed by atoms with E-state index in [0.717, 1.165) is 11.0 Å². The minimum atomic E-state index is -0.200. The van der Waals surface area contributed by atoms with Crippen molar-refractivity contribution >= 4 is 21.9 Å². The van der Waals surface area contributed by atoms with Gasteiger partial charge in [-0.3, -0.25) is 9.69 Å². The number of hydrogen-bond donors (Lipinski definition) is 0. The summed E-state index contributed by atoms with van der Waals surface area (Å²) < 4.78 is 5.75. The van der Waals surface area contributed by atoms with Crippen molar-refractivity contribution in [3.8, 4) is 0 Å². The summed E-state index contributed by atoms with van der Waals surface area (Å²) in [5.41, 5.74) is 1.18. The van der Waals surface area contributed by atoms with Crippen molar-refractivity contribution in [2.75, 3.05) is 13.7 Å². The fraction of sp³-hybridized carbons (Fsp3) is 0.462. The van der Waals surface area contributed by atoms with E-state index < -0.39 is 0 Å². The standard InChI is InChI=1S/C13H18BrNO2/c1-10(2)15(9-13(16)17-3)8-11-5-4-6-12(14)7-11/h4-7,10H,8-9H2,1-3H3. The van der Waals surface area contributed by atoms with Crippen LogP contribution in [0.1, 0.15) is 19.4 Å². The van der Waals surface area contributed by atoms with Gasteiger partial charge in [0.1, 0.15) is 0 Å². The zero-order valence-corrected chi connectivity index (χ0v) is 12.0. The molecule has 0 bridgehead atoms. The lowest BCUT2D eigenvalue weighted by atomic mass is 10.2. The first-order valence-corrected chi connectivity index (χ1v) is 6.37. The van der Waals surface area contributed by atoms with Crippen molar-refractivity contribution < 1.29 is 9.53 Å². The predicted molar refractivity (Wildman–Crippen MR) is 71.7 cm³/mol. The summed E-state index contributed by atoms with van der Waals surface area (Å²) >= 11 is 3.44. The zero-order chi connectivity index (χ0) is 12.8. The smallest absolute Gasteiger partial charge is 0.319 e. The quantitative estimate of drug-likeness (QED) is 0.783. The van der Waals surface area contributed by atoms with Crippen molar-refractivity contribution in [3.05, 3.63) is 34.3 Å². The molecule has 1 rings (SSSR count). The van der Waals surface area contributed by atoms with Crippen LogP contribution < -0.4 is 0 Å². The average Bonchev–Trinajstić information content (AvgIpc) is 2.27. The molecule has 0 radical (unpaired) electrons. The molecule has 0 aliphatic carbocycles. The molecule has 1 aromatic carbocycles. The molecule has 0 N–H and O–H groups in total. The second-order valence-corrected chi connectivity index (χ2v) is 5.12. The van der Waals surface area contributed by atoms with Gasteiger partial charge in [-0.15, -0.1) is 0 Å². The first kappa shape index (κ1) is 14.2. The lowest BCUT2D eigenvalue weighted by molar-refractivity contribution is -0.142. The molecule has 0 aliphatic heterocycles. The molecule has 4 heteroatoms. The maximum Gasteiger partial charge on any atom is 0.319 e. The van der Waals surface area contributed by atoms with Gasteiger partial charge in [-0.25, -0.2) is 0 Å². The first-order valence-electron chi connectivity index (χ1n) is 5.58. The summed E-state index contributed by atoms with van der Waals surface area (Å²) in [6.45, 7) is 5.20. The lowest BCUT2D eigenvalue weighted by Crippen LogP contribution is -2.35. The number of rotatable bonds is 5. The summed E-state index contributed by atoms with van der Waals surface area (Å²) in [5, 5.41) is 0. The van der Waals surface area contributed by atoms with E-state index in [1.165, 1.54) is 12.7 Å². The number of nitrogens with zero attached hydrogens (tertiary/aromatic N) is 1. The van der Waals surface area contributed by atoms with Crippen molar-refractivity contribution in [2.45, 2.75) is 26.4 Å². The van der Waals surface area contributed by atoms with Gasteiger partial charge in [-0.05, 0) is 31.5 Å². The van der Waals surface area contributed by atoms with Crippen LogP contribution >= 0.6 is 15.9 Å². The predicted octanol–water partition coefficient (Wildman–Crippen LogP) is 2.83. The number of ether oxygens (including phenoxy) is 1. The van der Waals surface area contributed by atoms with E-state index in [4.69, 9.17) is 4.74 Å². The van der Waals surface area contributed by atoms with Gasteiger partial charge in [0.15, 0.2) is 0 Å². The Balaban J connectivity index is 2.70. The van der Waals surface area contributed by atoms with Gasteiger partial charge in [0, 0.05) is 17.1 Å². The van der Waals surface area contributed by atoms with Crippen LogP contribution in [0.2, 0.25) is 0 Å². The van der Waals surface area contributed by atoms with E-state index >= 15 is 0 Å². The molecule has 0 unspecified atom stereocenters. The molecule has 0 amide bonds. The van der Waals surface area contributed by atoms with Gasteiger partial charge in [0.05, 0.1) is 13.7 Å². The molecule has 0 heterocycles. The summed E-state index contributed by atoms with van der Waals surface area (Å²) in [5.74, 6) is -0.200. The third kappa shape index (κ3) is 4.88. The van der Waals surface area contributed by atoms with E-state index in [2.05, 4.69) is 46.8 Å². The van der Waals surface area contributed by atoms with Gasteiger partial charge in [-0.1, -0.05) is 28.1 Å². The van der Waals surface area contributed by atoms with E-state index in [-0.39, 0.29) is 5.97 Å². The maximum atomic E-state index is 11.3. The highest BCUT2D eigenvalue weighted by atomic mass is 79.9. The highest BCUT2D eigenvalue weighted by molar-refractivity contribution is 9.10. The molecule has 0 saturated heterocycles. The molecule has 3 nitrogen and oxygen atoms in total. The molecule has 0 atom stereocenters. The average molecular weight is 300 g/mol. The van der Waals surface area contributed by atoms with E-state index in [9.17, 15) is 4.79 Å². The molecular formula is C13H18BrNO2. The summed E-state index contributed by atoms with van der Waals surface area (Å²) in [7, 11) is 1.42. The normalized spacial score (nSPS) is 10.9. The number of methoxy groups -OCH3 is 1. The Morgan fingerprint density at radius 1 is 1.47 bits per heavy atom. The molecule has 0 aliphatic rings. The first-order chi connectivity index (χ1) is 8.02. The maximum absolute atomic E-state index is 11.3. The Hall–Kier alpha value is -0.870. The third-order valence-electron chi connectivity index (χ3n) is 2.56. The second-order valence-electron chi connectivity index (χ2n) is 4.20. The highest BCUT2D eigenvalue weighted by Crippen LogP contribution is 2.14. The highest BCUT2D eigenvalue weighted by Gasteiger charge is 2.14. The molecule has 0 saturated carbocycles. The topological polar surface area (TPSA) is 29.5 Å². The van der Waals surface area contributed by atoms with Crippen molar-refractivity contribution in [1.82, 2.24) is 4.90 Å². The Kier molecular flexibility index (Phi) is 5.65. The number of hydrogen-bond acceptors (Lipinski definition) is 3. The van der Waals surface area contributed by atoms with Gasteiger partial charge in [-0.2, -0.15) is 0 Å². The van der Waals surface area contributed by atoms with Crippen LogP contribution in [-0.4, -0.2) is 30.6 Å². The van der Waals surface area contributed by atoms with E-state index in [0.29, 0.717) is 12.6 Å². The molecular weight excluding hydrogens is 282 g/mol.